The Kier molecular flexibility index (Phi) is 9.12. The number of benzene rings is 1. The third-order valence-corrected chi connectivity index (χ3v) is 6.15. The van der Waals surface area contributed by atoms with Crippen molar-refractivity contribution in [3.63, 3.8) is 0 Å². The van der Waals surface area contributed by atoms with Gasteiger partial charge in [0.05, 0.1) is 6.54 Å². The molecule has 2 saturated heterocycles. The molecular weight excluding hydrogens is 483 g/mol. The Balaban J connectivity index is 1.77. The highest BCUT2D eigenvalue weighted by Crippen LogP contribution is 2.29. The second-order valence-electron chi connectivity index (χ2n) is 10.1. The molecule has 0 aliphatic carbocycles. The van der Waals surface area contributed by atoms with Crippen molar-refractivity contribution in [2.45, 2.75) is 70.3 Å². The van der Waals surface area contributed by atoms with Gasteiger partial charge >= 0.3 is 12.2 Å². The lowest BCUT2D eigenvalue weighted by atomic mass is 10.1. The molecule has 202 valence electrons. The van der Waals surface area contributed by atoms with E-state index in [2.05, 4.69) is 17.2 Å². The number of halogens is 1. The normalized spacial score (nSPS) is 21.8. The number of hydrogen-bond acceptors (Lipinski definition) is 6. The molecule has 10 nitrogen and oxygen atoms in total. The van der Waals surface area contributed by atoms with E-state index < -0.39 is 35.8 Å². The molecule has 0 unspecified atom stereocenters. The van der Waals surface area contributed by atoms with Crippen LogP contribution in [0.3, 0.4) is 0 Å². The van der Waals surface area contributed by atoms with Gasteiger partial charge in [-0.3, -0.25) is 9.59 Å². The van der Waals surface area contributed by atoms with E-state index in [0.717, 1.165) is 5.56 Å². The molecule has 3 rings (SSSR count). The number of nitrogens with one attached hydrogen (secondary N) is 2. The first kappa shape index (κ1) is 27.9. The van der Waals surface area contributed by atoms with Crippen molar-refractivity contribution >= 4 is 24.0 Å². The predicted molar refractivity (Wildman–Crippen MR) is 133 cm³/mol. The fourth-order valence-electron chi connectivity index (χ4n) is 4.49. The lowest BCUT2D eigenvalue weighted by molar-refractivity contribution is -0.143. The summed E-state index contributed by atoms with van der Waals surface area (Å²) in [5, 5.41) is 5.41. The van der Waals surface area contributed by atoms with E-state index in [1.54, 1.807) is 32.9 Å². The van der Waals surface area contributed by atoms with Crippen LogP contribution in [0.1, 0.15) is 45.6 Å². The molecule has 1 aromatic carbocycles. The first-order chi connectivity index (χ1) is 17.5. The molecule has 37 heavy (non-hydrogen) atoms. The van der Waals surface area contributed by atoms with E-state index in [1.165, 1.54) is 28.0 Å². The number of carbonyl (C=O) groups excluding carboxylic acids is 4. The summed E-state index contributed by atoms with van der Waals surface area (Å²) in [7, 11) is 0. The van der Waals surface area contributed by atoms with Crippen LogP contribution in [-0.2, 0) is 25.6 Å². The van der Waals surface area contributed by atoms with Crippen LogP contribution in [-0.4, -0.2) is 77.2 Å². The SMILES string of the molecule is C=CCOC(=O)N1CC[C@H]2CC[C@@H](C(=O)NCc3ccc(F)cc3)N2C(=O)[C@@H](NC(=O)OC(C)(C)C)C1. The molecule has 0 radical (unpaired) electrons. The second kappa shape index (κ2) is 12.1. The minimum Gasteiger partial charge on any atom is -0.445 e. The molecule has 3 atom stereocenters. The highest BCUT2D eigenvalue weighted by molar-refractivity contribution is 5.92. The van der Waals surface area contributed by atoms with Crippen molar-refractivity contribution in [3.05, 3.63) is 48.3 Å². The van der Waals surface area contributed by atoms with Gasteiger partial charge in [-0.1, -0.05) is 24.8 Å². The van der Waals surface area contributed by atoms with Crippen LogP contribution in [0.5, 0.6) is 0 Å². The van der Waals surface area contributed by atoms with Crippen LogP contribution in [0, 0.1) is 5.82 Å². The average Bonchev–Trinajstić information content (AvgIpc) is 3.24. The third kappa shape index (κ3) is 7.68. The first-order valence-electron chi connectivity index (χ1n) is 12.3. The molecule has 0 saturated carbocycles. The Bertz CT molecular complexity index is 1010. The van der Waals surface area contributed by atoms with Gasteiger partial charge < -0.3 is 29.9 Å². The standard InChI is InChI=1S/C26H35FN4O6/c1-5-14-36-25(35)30-13-12-19-10-11-21(22(32)28-15-17-6-8-18(27)9-7-17)31(19)23(33)20(16-30)29-24(34)37-26(2,3)4/h5-9,19-21H,1,10-16H2,2-4H3,(H,28,32)(H,29,34)/t19-,20+,21+/m1/s1. The third-order valence-electron chi connectivity index (χ3n) is 6.15. The Labute approximate surface area is 216 Å². The van der Waals surface area contributed by atoms with Crippen molar-refractivity contribution < 1.29 is 33.0 Å². The van der Waals surface area contributed by atoms with E-state index >= 15 is 0 Å². The number of fused-ring (bicyclic) bond motifs is 1. The minimum absolute atomic E-state index is 0.0132. The van der Waals surface area contributed by atoms with Gasteiger partial charge in [-0.2, -0.15) is 0 Å². The zero-order valence-corrected chi connectivity index (χ0v) is 21.5. The van der Waals surface area contributed by atoms with E-state index in [4.69, 9.17) is 9.47 Å². The molecule has 2 N–H and O–H groups in total. The second-order valence-corrected chi connectivity index (χ2v) is 10.1. The summed E-state index contributed by atoms with van der Waals surface area (Å²) < 4.78 is 23.7. The van der Waals surface area contributed by atoms with Gasteiger partial charge in [0.25, 0.3) is 0 Å². The maximum atomic E-state index is 13.7. The average molecular weight is 519 g/mol. The Hall–Kier alpha value is -3.63. The van der Waals surface area contributed by atoms with E-state index in [-0.39, 0.29) is 44.0 Å². The summed E-state index contributed by atoms with van der Waals surface area (Å²) in [6.45, 7) is 8.97. The smallest absolute Gasteiger partial charge is 0.410 e. The molecule has 4 amide bonds. The highest BCUT2D eigenvalue weighted by atomic mass is 19.1. The molecule has 0 bridgehead atoms. The molecule has 11 heteroatoms. The zero-order valence-electron chi connectivity index (χ0n) is 21.5. The number of ether oxygens (including phenoxy) is 2. The maximum absolute atomic E-state index is 13.7. The van der Waals surface area contributed by atoms with Gasteiger partial charge in [-0.05, 0) is 57.7 Å². The topological polar surface area (TPSA) is 117 Å². The van der Waals surface area contributed by atoms with Gasteiger partial charge in [0.15, 0.2) is 0 Å². The van der Waals surface area contributed by atoms with Gasteiger partial charge in [0, 0.05) is 19.1 Å². The molecule has 0 spiro atoms. The van der Waals surface area contributed by atoms with Crippen molar-refractivity contribution in [1.29, 1.82) is 0 Å². The molecule has 1 aromatic rings. The van der Waals surface area contributed by atoms with E-state index in [0.29, 0.717) is 19.3 Å². The van der Waals surface area contributed by atoms with Gasteiger partial charge in [-0.15, -0.1) is 0 Å². The van der Waals surface area contributed by atoms with Crippen molar-refractivity contribution in [2.24, 2.45) is 0 Å². The van der Waals surface area contributed by atoms with Crippen molar-refractivity contribution in [2.75, 3.05) is 19.7 Å². The number of amides is 4. The molecular formula is C26H35FN4O6. The Morgan fingerprint density at radius 1 is 1.16 bits per heavy atom. The van der Waals surface area contributed by atoms with Crippen LogP contribution in [0.15, 0.2) is 36.9 Å². The lowest BCUT2D eigenvalue weighted by Gasteiger charge is -2.38. The molecule has 2 fully saturated rings. The van der Waals surface area contributed by atoms with Crippen LogP contribution in [0.25, 0.3) is 0 Å². The quantitative estimate of drug-likeness (QED) is 0.560. The van der Waals surface area contributed by atoms with Crippen LogP contribution in [0.4, 0.5) is 14.0 Å². The molecule has 0 aromatic heterocycles. The number of rotatable bonds is 6. The van der Waals surface area contributed by atoms with Crippen LogP contribution >= 0.6 is 0 Å². The number of alkyl carbamates (subject to hydrolysis) is 1. The lowest BCUT2D eigenvalue weighted by Crippen LogP contribution is -2.61. The molecule has 2 aliphatic heterocycles. The summed E-state index contributed by atoms with van der Waals surface area (Å²) in [4.78, 5) is 54.9. The van der Waals surface area contributed by atoms with Crippen LogP contribution < -0.4 is 10.6 Å². The van der Waals surface area contributed by atoms with Gasteiger partial charge in [0.1, 0.15) is 30.1 Å². The first-order valence-corrected chi connectivity index (χ1v) is 12.3. The largest absolute Gasteiger partial charge is 0.445 e. The minimum atomic E-state index is -1.14. The molecule has 2 aliphatic rings. The fourth-order valence-corrected chi connectivity index (χ4v) is 4.49. The summed E-state index contributed by atoms with van der Waals surface area (Å²) in [5.74, 6) is -1.18. The number of carbonyl (C=O) groups is 4. The van der Waals surface area contributed by atoms with E-state index in [9.17, 15) is 23.6 Å². The Morgan fingerprint density at radius 2 is 1.86 bits per heavy atom. The maximum Gasteiger partial charge on any atom is 0.410 e. The van der Waals surface area contributed by atoms with Crippen molar-refractivity contribution in [1.82, 2.24) is 20.4 Å². The predicted octanol–water partition coefficient (Wildman–Crippen LogP) is 2.72. The highest BCUT2D eigenvalue weighted by Gasteiger charge is 2.45. The van der Waals surface area contributed by atoms with Crippen LogP contribution in [0.2, 0.25) is 0 Å². The van der Waals surface area contributed by atoms with Crippen molar-refractivity contribution in [3.8, 4) is 0 Å². The number of nitrogens with zero attached hydrogens (tertiary/aromatic N) is 2. The summed E-state index contributed by atoms with van der Waals surface area (Å²) >= 11 is 0. The fraction of sp³-hybridized carbons (Fsp3) is 0.538. The summed E-state index contributed by atoms with van der Waals surface area (Å²) in [6, 6.07) is 3.61. The zero-order chi connectivity index (χ0) is 27.2. The Morgan fingerprint density at radius 3 is 2.51 bits per heavy atom. The monoisotopic (exact) mass is 518 g/mol. The molecule has 2 heterocycles. The van der Waals surface area contributed by atoms with Gasteiger partial charge in [-0.25, -0.2) is 14.0 Å². The van der Waals surface area contributed by atoms with Gasteiger partial charge in [0.2, 0.25) is 11.8 Å². The number of hydrogen-bond donors (Lipinski definition) is 2. The summed E-state index contributed by atoms with van der Waals surface area (Å²) in [6.07, 6.45) is 1.47. The summed E-state index contributed by atoms with van der Waals surface area (Å²) in [5.41, 5.74) is -0.0718. The van der Waals surface area contributed by atoms with E-state index in [1.807, 2.05) is 0 Å².